The van der Waals surface area contributed by atoms with E-state index >= 15 is 0 Å². The molecule has 0 unspecified atom stereocenters. The lowest BCUT2D eigenvalue weighted by molar-refractivity contribution is 0.271. The van der Waals surface area contributed by atoms with Crippen LogP contribution in [0.4, 0.5) is 0 Å². The first-order valence-electron chi connectivity index (χ1n) is 7.51. The van der Waals surface area contributed by atoms with Crippen LogP contribution in [0.5, 0.6) is 5.75 Å². The number of nitrogens with zero attached hydrogens (tertiary/aromatic N) is 1. The van der Waals surface area contributed by atoms with Gasteiger partial charge in [-0.1, -0.05) is 13.8 Å². The van der Waals surface area contributed by atoms with Gasteiger partial charge in [-0.25, -0.2) is 4.98 Å². The van der Waals surface area contributed by atoms with Gasteiger partial charge < -0.3 is 9.84 Å². The minimum atomic E-state index is 0.0963. The second-order valence-corrected chi connectivity index (χ2v) is 7.07. The number of hydrogen-bond donors (Lipinski definition) is 1. The largest absolute Gasteiger partial charge is 0.493 e. The molecule has 1 aromatic heterocycles. The van der Waals surface area contributed by atoms with Crippen LogP contribution < -0.4 is 4.74 Å². The van der Waals surface area contributed by atoms with E-state index in [1.54, 1.807) is 11.3 Å². The van der Waals surface area contributed by atoms with Gasteiger partial charge in [0.2, 0.25) is 0 Å². The predicted octanol–water partition coefficient (Wildman–Crippen LogP) is 4.21. The average Bonchev–Trinajstić information content (AvgIpc) is 3.25. The molecule has 2 aromatic rings. The number of aliphatic hydroxyl groups excluding tert-OH is 1. The zero-order valence-electron chi connectivity index (χ0n) is 12.5. The zero-order chi connectivity index (χ0) is 14.8. The third-order valence-corrected chi connectivity index (χ3v) is 4.62. The minimum Gasteiger partial charge on any atom is -0.493 e. The highest BCUT2D eigenvalue weighted by Crippen LogP contribution is 2.44. The van der Waals surface area contributed by atoms with E-state index in [2.05, 4.69) is 13.8 Å². The zero-order valence-corrected chi connectivity index (χ0v) is 13.3. The third kappa shape index (κ3) is 3.44. The maximum atomic E-state index is 9.47. The van der Waals surface area contributed by atoms with Crippen molar-refractivity contribution in [3.8, 4) is 16.3 Å². The number of ether oxygens (including phenoxy) is 1. The molecule has 1 aliphatic carbocycles. The molecule has 0 radical (unpaired) electrons. The number of aromatic nitrogens is 1. The van der Waals surface area contributed by atoms with Gasteiger partial charge in [0.1, 0.15) is 10.8 Å². The second kappa shape index (κ2) is 6.16. The molecule has 4 heteroatoms. The first-order valence-corrected chi connectivity index (χ1v) is 8.32. The van der Waals surface area contributed by atoms with Gasteiger partial charge in [0.05, 0.1) is 23.8 Å². The summed E-state index contributed by atoms with van der Waals surface area (Å²) in [5.41, 5.74) is 2.20. The molecule has 0 saturated heterocycles. The Morgan fingerprint density at radius 3 is 2.57 bits per heavy atom. The van der Waals surface area contributed by atoms with E-state index in [9.17, 15) is 5.11 Å². The summed E-state index contributed by atoms with van der Waals surface area (Å²) in [5.74, 6) is 2.00. The van der Waals surface area contributed by atoms with Gasteiger partial charge in [0.25, 0.3) is 0 Å². The number of hydrogen-bond acceptors (Lipinski definition) is 4. The lowest BCUT2D eigenvalue weighted by Crippen LogP contribution is -2.04. The fourth-order valence-electron chi connectivity index (χ4n) is 2.23. The van der Waals surface area contributed by atoms with Gasteiger partial charge in [-0.3, -0.25) is 0 Å². The molecule has 0 spiro atoms. The van der Waals surface area contributed by atoms with Crippen molar-refractivity contribution < 1.29 is 9.84 Å². The van der Waals surface area contributed by atoms with Crippen LogP contribution in [0.1, 0.15) is 43.2 Å². The molecule has 1 N–H and O–H groups in total. The van der Waals surface area contributed by atoms with Crippen LogP contribution in [0.2, 0.25) is 0 Å². The minimum absolute atomic E-state index is 0.0963. The number of benzene rings is 1. The van der Waals surface area contributed by atoms with E-state index in [1.165, 1.54) is 12.8 Å². The summed E-state index contributed by atoms with van der Waals surface area (Å²) in [6.07, 6.45) is 2.41. The quantitative estimate of drug-likeness (QED) is 0.869. The van der Waals surface area contributed by atoms with Gasteiger partial charge in [0.15, 0.2) is 0 Å². The van der Waals surface area contributed by atoms with Gasteiger partial charge in [0, 0.05) is 11.5 Å². The van der Waals surface area contributed by atoms with E-state index in [-0.39, 0.29) is 6.61 Å². The standard InChI is InChI=1S/C17H21NO2S/c1-11(2)10-20-14-7-5-13(6-8-14)17-18-16(12-3-4-12)15(9-19)21-17/h5-8,11-12,19H,3-4,9-10H2,1-2H3. The van der Waals surface area contributed by atoms with Gasteiger partial charge in [-0.05, 0) is 43.0 Å². The highest BCUT2D eigenvalue weighted by molar-refractivity contribution is 7.15. The lowest BCUT2D eigenvalue weighted by atomic mass is 10.2. The normalized spacial score (nSPS) is 14.7. The lowest BCUT2D eigenvalue weighted by Gasteiger charge is -2.08. The highest BCUT2D eigenvalue weighted by Gasteiger charge is 2.29. The Morgan fingerprint density at radius 1 is 1.29 bits per heavy atom. The van der Waals surface area contributed by atoms with Gasteiger partial charge in [-0.15, -0.1) is 11.3 Å². The average molecular weight is 303 g/mol. The van der Waals surface area contributed by atoms with Crippen LogP contribution in [0.3, 0.4) is 0 Å². The molecule has 0 amide bonds. The summed E-state index contributed by atoms with van der Waals surface area (Å²) < 4.78 is 5.70. The van der Waals surface area contributed by atoms with Crippen molar-refractivity contribution in [1.82, 2.24) is 4.98 Å². The topological polar surface area (TPSA) is 42.4 Å². The molecule has 21 heavy (non-hydrogen) atoms. The number of aliphatic hydroxyl groups is 1. The maximum Gasteiger partial charge on any atom is 0.123 e. The van der Waals surface area contributed by atoms with Crippen molar-refractivity contribution in [3.63, 3.8) is 0 Å². The molecule has 1 heterocycles. The predicted molar refractivity (Wildman–Crippen MR) is 85.8 cm³/mol. The maximum absolute atomic E-state index is 9.47. The Hall–Kier alpha value is -1.39. The fourth-order valence-corrected chi connectivity index (χ4v) is 3.25. The molecule has 3 nitrogen and oxygen atoms in total. The number of rotatable bonds is 6. The summed E-state index contributed by atoms with van der Waals surface area (Å²) in [6, 6.07) is 8.09. The van der Waals surface area contributed by atoms with Crippen molar-refractivity contribution in [3.05, 3.63) is 34.8 Å². The smallest absolute Gasteiger partial charge is 0.123 e. The molecule has 0 aliphatic heterocycles. The molecule has 1 aromatic carbocycles. The summed E-state index contributed by atoms with van der Waals surface area (Å²) >= 11 is 1.60. The van der Waals surface area contributed by atoms with Crippen molar-refractivity contribution >= 4 is 11.3 Å². The van der Waals surface area contributed by atoms with E-state index in [4.69, 9.17) is 9.72 Å². The molecule has 112 valence electrons. The first kappa shape index (κ1) is 14.5. The summed E-state index contributed by atoms with van der Waals surface area (Å²) in [4.78, 5) is 5.76. The van der Waals surface area contributed by atoms with Crippen molar-refractivity contribution in [2.75, 3.05) is 6.61 Å². The Morgan fingerprint density at radius 2 is 2.00 bits per heavy atom. The van der Waals surface area contributed by atoms with E-state index < -0.39 is 0 Å². The van der Waals surface area contributed by atoms with Crippen molar-refractivity contribution in [2.45, 2.75) is 39.2 Å². The molecule has 0 bridgehead atoms. The summed E-state index contributed by atoms with van der Waals surface area (Å²) in [7, 11) is 0. The highest BCUT2D eigenvalue weighted by atomic mass is 32.1. The monoisotopic (exact) mass is 303 g/mol. The Bertz CT molecular complexity index is 600. The van der Waals surface area contributed by atoms with Crippen LogP contribution >= 0.6 is 11.3 Å². The molecule has 1 fully saturated rings. The van der Waals surface area contributed by atoms with Crippen LogP contribution in [-0.2, 0) is 6.61 Å². The van der Waals surface area contributed by atoms with Crippen LogP contribution in [-0.4, -0.2) is 16.7 Å². The Kier molecular flexibility index (Phi) is 4.27. The molecular formula is C17H21NO2S. The third-order valence-electron chi connectivity index (χ3n) is 3.52. The summed E-state index contributed by atoms with van der Waals surface area (Å²) in [6.45, 7) is 5.11. The Balaban J connectivity index is 1.77. The molecular weight excluding hydrogens is 282 g/mol. The SMILES string of the molecule is CC(C)COc1ccc(-c2nc(C3CC3)c(CO)s2)cc1. The first-order chi connectivity index (χ1) is 10.2. The van der Waals surface area contributed by atoms with Crippen LogP contribution in [0, 0.1) is 5.92 Å². The molecule has 1 aliphatic rings. The van der Waals surface area contributed by atoms with Gasteiger partial charge >= 0.3 is 0 Å². The van der Waals surface area contributed by atoms with E-state index in [0.29, 0.717) is 11.8 Å². The van der Waals surface area contributed by atoms with E-state index in [0.717, 1.165) is 33.5 Å². The van der Waals surface area contributed by atoms with Crippen LogP contribution in [0.15, 0.2) is 24.3 Å². The second-order valence-electron chi connectivity index (χ2n) is 5.99. The Labute approximate surface area is 129 Å². The van der Waals surface area contributed by atoms with Crippen molar-refractivity contribution in [2.24, 2.45) is 5.92 Å². The van der Waals surface area contributed by atoms with Gasteiger partial charge in [-0.2, -0.15) is 0 Å². The molecule has 0 atom stereocenters. The van der Waals surface area contributed by atoms with Crippen molar-refractivity contribution in [1.29, 1.82) is 0 Å². The van der Waals surface area contributed by atoms with E-state index in [1.807, 2.05) is 24.3 Å². The number of thiazole rings is 1. The van der Waals surface area contributed by atoms with Crippen LogP contribution in [0.25, 0.3) is 10.6 Å². The molecule has 3 rings (SSSR count). The summed E-state index contributed by atoms with van der Waals surface area (Å²) in [5, 5.41) is 10.5. The molecule has 1 saturated carbocycles. The fraction of sp³-hybridized carbons (Fsp3) is 0.471.